The van der Waals surface area contributed by atoms with Crippen molar-refractivity contribution in [2.75, 3.05) is 0 Å². The Bertz CT molecular complexity index is 123. The number of rotatable bonds is 2. The zero-order chi connectivity index (χ0) is 7.65. The van der Waals surface area contributed by atoms with Crippen molar-refractivity contribution >= 4 is 68.2 Å². The van der Waals surface area contributed by atoms with E-state index in [4.69, 9.17) is 46.4 Å². The average molecular weight is 270 g/mol. The molecule has 1 unspecified atom stereocenters. The molecule has 0 N–H and O–H groups in total. The van der Waals surface area contributed by atoms with Crippen LogP contribution < -0.4 is 0 Å². The fraction of sp³-hybridized carbons (Fsp3) is 0.667. The van der Waals surface area contributed by atoms with Crippen molar-refractivity contribution in [2.45, 2.75) is 8.54 Å². The number of carbonyl (C=O) groups excluding carboxylic acids is 1. The van der Waals surface area contributed by atoms with Crippen molar-refractivity contribution < 1.29 is 4.79 Å². The molecule has 1 atom stereocenters. The molecule has 0 aromatic carbocycles. The Morgan fingerprint density at radius 3 is 1.89 bits per heavy atom. The summed E-state index contributed by atoms with van der Waals surface area (Å²) in [5, 5.41) is -0.807. The van der Waals surface area contributed by atoms with E-state index in [0.717, 1.165) is 0 Å². The molecule has 9 heavy (non-hydrogen) atoms. The van der Waals surface area contributed by atoms with Crippen molar-refractivity contribution in [1.29, 1.82) is 0 Å². The fourth-order valence-electron chi connectivity index (χ4n) is 0.156. The molecule has 0 fully saturated rings. The first-order valence-corrected chi connectivity index (χ1v) is 6.10. The maximum absolute atomic E-state index is 10.4. The minimum atomic E-state index is -1.58. The average Bonchev–Trinajstić information content (AvgIpc) is 1.65. The van der Waals surface area contributed by atoms with Gasteiger partial charge in [-0.25, -0.2) is 0 Å². The van der Waals surface area contributed by atoms with Crippen molar-refractivity contribution in [3.8, 4) is 0 Å². The second kappa shape index (κ2) is 3.67. The van der Waals surface area contributed by atoms with Gasteiger partial charge >= 0.3 is 81.5 Å². The van der Waals surface area contributed by atoms with Gasteiger partial charge < -0.3 is 0 Å². The van der Waals surface area contributed by atoms with Gasteiger partial charge in [0.05, 0.1) is 0 Å². The zero-order valence-electron chi connectivity index (χ0n) is 4.50. The number of hydrogen-bond acceptors (Lipinski definition) is 1. The summed E-state index contributed by atoms with van der Waals surface area (Å²) in [6, 6.07) is 0. The molecule has 0 saturated carbocycles. The molecule has 0 heterocycles. The quantitative estimate of drug-likeness (QED) is 0.413. The van der Waals surface area contributed by atoms with Gasteiger partial charge in [0.25, 0.3) is 0 Å². The standard InChI is InChI=1S/C3H4Cl4GeO/c4-1(8)3(6,7)2(5)9/h1H,8H3. The normalized spacial score (nSPS) is 15.6. The van der Waals surface area contributed by atoms with Gasteiger partial charge in [-0.2, -0.15) is 0 Å². The Hall–Kier alpha value is 1.37. The topological polar surface area (TPSA) is 17.1 Å². The van der Waals surface area contributed by atoms with Crippen LogP contribution in [0.5, 0.6) is 0 Å². The minimum absolute atomic E-state index is 0.183. The number of alkyl halides is 3. The van der Waals surface area contributed by atoms with Crippen LogP contribution in [-0.2, 0) is 4.79 Å². The molecule has 0 aromatic heterocycles. The van der Waals surface area contributed by atoms with Crippen LogP contribution in [-0.4, -0.2) is 30.3 Å². The molecule has 0 bridgehead atoms. The summed E-state index contributed by atoms with van der Waals surface area (Å²) < 4.78 is -2.08. The summed E-state index contributed by atoms with van der Waals surface area (Å²) in [6.45, 7) is 0. The number of hydrogen-bond donors (Lipinski definition) is 0. The van der Waals surface area contributed by atoms with Gasteiger partial charge in [-0.05, 0) is 0 Å². The van der Waals surface area contributed by atoms with Crippen LogP contribution >= 0.6 is 46.4 Å². The molecule has 0 aromatic rings. The maximum atomic E-state index is 10.4. The second-order valence-electron chi connectivity index (χ2n) is 1.51. The van der Waals surface area contributed by atoms with Crippen LogP contribution in [0.15, 0.2) is 0 Å². The Kier molecular flexibility index (Phi) is 4.23. The monoisotopic (exact) mass is 270 g/mol. The Balaban J connectivity index is 4.19. The Morgan fingerprint density at radius 1 is 1.56 bits per heavy atom. The van der Waals surface area contributed by atoms with Crippen LogP contribution in [0.25, 0.3) is 0 Å². The van der Waals surface area contributed by atoms with E-state index in [1.54, 1.807) is 0 Å². The van der Waals surface area contributed by atoms with Gasteiger partial charge in [0.2, 0.25) is 0 Å². The summed E-state index contributed by atoms with van der Waals surface area (Å²) >= 11 is 21.5. The summed E-state index contributed by atoms with van der Waals surface area (Å²) in [5.41, 5.74) is 0. The van der Waals surface area contributed by atoms with Gasteiger partial charge in [-0.3, -0.25) is 0 Å². The van der Waals surface area contributed by atoms with Crippen LogP contribution in [0.3, 0.4) is 0 Å². The van der Waals surface area contributed by atoms with Crippen molar-refractivity contribution in [1.82, 2.24) is 0 Å². The predicted molar refractivity (Wildman–Crippen MR) is 44.9 cm³/mol. The van der Waals surface area contributed by atoms with Crippen molar-refractivity contribution in [3.05, 3.63) is 0 Å². The van der Waals surface area contributed by atoms with E-state index in [2.05, 4.69) is 0 Å². The number of carbonyl (C=O) groups is 1. The molecule has 1 nitrogen and oxygen atoms in total. The Labute approximate surface area is 81.2 Å². The van der Waals surface area contributed by atoms with E-state index in [-0.39, 0.29) is 16.5 Å². The predicted octanol–water partition coefficient (Wildman–Crippen LogP) is 0.856. The van der Waals surface area contributed by atoms with E-state index in [9.17, 15) is 4.79 Å². The summed E-state index contributed by atoms with van der Waals surface area (Å²) in [6.07, 6.45) is 0. The molecule has 0 aliphatic heterocycles. The first-order valence-electron chi connectivity index (χ1n) is 2.11. The third kappa shape index (κ3) is 2.85. The molecule has 0 amide bonds. The van der Waals surface area contributed by atoms with Crippen molar-refractivity contribution in [3.63, 3.8) is 0 Å². The molecule has 0 aliphatic carbocycles. The van der Waals surface area contributed by atoms with Gasteiger partial charge in [0.1, 0.15) is 0 Å². The molecular weight excluding hydrogens is 266 g/mol. The van der Waals surface area contributed by atoms with Gasteiger partial charge in [0.15, 0.2) is 0 Å². The first-order chi connectivity index (χ1) is 3.89. The van der Waals surface area contributed by atoms with Crippen LogP contribution in [0.2, 0.25) is 0 Å². The van der Waals surface area contributed by atoms with Gasteiger partial charge in [-0.15, -0.1) is 0 Å². The van der Waals surface area contributed by atoms with E-state index >= 15 is 0 Å². The van der Waals surface area contributed by atoms with E-state index in [0.29, 0.717) is 0 Å². The molecule has 0 aliphatic rings. The molecule has 6 heteroatoms. The molecule has 54 valence electrons. The molecule has 0 rings (SSSR count). The third-order valence-corrected chi connectivity index (χ3v) is 6.15. The molecular formula is C3H4Cl4GeO. The summed E-state index contributed by atoms with van der Waals surface area (Å²) in [4.78, 5) is 10.4. The molecule has 0 spiro atoms. The van der Waals surface area contributed by atoms with E-state index < -0.39 is 13.8 Å². The Morgan fingerprint density at radius 2 is 1.89 bits per heavy atom. The first kappa shape index (κ1) is 10.4. The fourth-order valence-corrected chi connectivity index (χ4v) is 1.41. The second-order valence-corrected chi connectivity index (χ2v) is 7.85. The van der Waals surface area contributed by atoms with Crippen LogP contribution in [0.4, 0.5) is 0 Å². The summed E-state index contributed by atoms with van der Waals surface area (Å²) in [7, 11) is 0. The SMILES string of the molecule is O=C(Cl)C(Cl)(Cl)[CH](Cl)[GeH3]. The van der Waals surface area contributed by atoms with Crippen LogP contribution in [0, 0.1) is 0 Å². The van der Waals surface area contributed by atoms with E-state index in [1.807, 2.05) is 0 Å². The third-order valence-electron chi connectivity index (χ3n) is 0.762. The van der Waals surface area contributed by atoms with Crippen molar-refractivity contribution in [2.24, 2.45) is 0 Å². The van der Waals surface area contributed by atoms with E-state index in [1.165, 1.54) is 0 Å². The van der Waals surface area contributed by atoms with Gasteiger partial charge in [0, 0.05) is 0 Å². The molecule has 0 radical (unpaired) electrons. The molecule has 0 saturated heterocycles. The van der Waals surface area contributed by atoms with Gasteiger partial charge in [-0.1, -0.05) is 0 Å². The number of halogens is 4. The van der Waals surface area contributed by atoms with Crippen LogP contribution in [0.1, 0.15) is 0 Å². The summed E-state index contributed by atoms with van der Waals surface area (Å²) in [5.74, 6) is 0. The zero-order valence-corrected chi connectivity index (χ0v) is 11.7.